The predicted molar refractivity (Wildman–Crippen MR) is 48.0 cm³/mol. The SMILES string of the molecule is FC(F)(F)C1=NC(C(F)(F)F)=NP(Cl)(Cl)=N1. The number of halogens is 8. The lowest BCUT2D eigenvalue weighted by molar-refractivity contribution is -0.0632. The van der Waals surface area contributed by atoms with E-state index < -0.39 is 29.9 Å². The van der Waals surface area contributed by atoms with Crippen molar-refractivity contribution < 1.29 is 26.3 Å². The molecule has 0 unspecified atom stereocenters. The molecule has 0 bridgehead atoms. The number of rotatable bonds is 0. The zero-order valence-electron chi connectivity index (χ0n) is 6.81. The number of amidine groups is 2. The highest BCUT2D eigenvalue weighted by Gasteiger charge is 2.45. The Morgan fingerprint density at radius 1 is 0.875 bits per heavy atom. The highest BCUT2D eigenvalue weighted by Crippen LogP contribution is 2.64. The van der Waals surface area contributed by atoms with E-state index in [0.29, 0.717) is 0 Å². The second-order valence-electron chi connectivity index (χ2n) is 2.41. The Kier molecular flexibility index (Phi) is 3.35. The van der Waals surface area contributed by atoms with E-state index in [1.165, 1.54) is 0 Å². The number of nitrogens with zero attached hydrogens (tertiary/aromatic N) is 3. The first-order valence-electron chi connectivity index (χ1n) is 3.27. The fourth-order valence-corrected chi connectivity index (χ4v) is 2.31. The zero-order chi connectivity index (χ0) is 12.8. The molecule has 0 radical (unpaired) electrons. The van der Waals surface area contributed by atoms with E-state index in [4.69, 9.17) is 22.5 Å². The molecule has 0 aliphatic carbocycles. The van der Waals surface area contributed by atoms with Crippen molar-refractivity contribution in [2.75, 3.05) is 0 Å². The first-order valence-corrected chi connectivity index (χ1v) is 6.77. The second-order valence-corrected chi connectivity index (χ2v) is 7.07. The van der Waals surface area contributed by atoms with Crippen LogP contribution >= 0.6 is 28.4 Å². The number of aliphatic imine (C=N–C) groups is 1. The van der Waals surface area contributed by atoms with Gasteiger partial charge in [-0.15, -0.1) is 0 Å². The van der Waals surface area contributed by atoms with Gasteiger partial charge in [-0.25, -0.2) is 4.99 Å². The molecule has 0 saturated heterocycles. The third-order valence-electron chi connectivity index (χ3n) is 1.15. The van der Waals surface area contributed by atoms with Gasteiger partial charge in [-0.3, -0.25) is 0 Å². The van der Waals surface area contributed by atoms with Crippen LogP contribution in [0.5, 0.6) is 0 Å². The number of hydrogen-bond donors (Lipinski definition) is 0. The Morgan fingerprint density at radius 3 is 1.69 bits per heavy atom. The fraction of sp³-hybridized carbons (Fsp3) is 0.500. The van der Waals surface area contributed by atoms with E-state index in [1.807, 2.05) is 0 Å². The van der Waals surface area contributed by atoms with E-state index >= 15 is 0 Å². The monoisotopic (exact) mass is 305 g/mol. The summed E-state index contributed by atoms with van der Waals surface area (Å²) in [5.41, 5.74) is 0. The van der Waals surface area contributed by atoms with Crippen molar-refractivity contribution in [1.29, 1.82) is 0 Å². The van der Waals surface area contributed by atoms with Gasteiger partial charge in [0.05, 0.1) is 0 Å². The highest BCUT2D eigenvalue weighted by atomic mass is 35.9. The lowest BCUT2D eigenvalue weighted by Gasteiger charge is -2.16. The maximum Gasteiger partial charge on any atom is 0.451 e. The second kappa shape index (κ2) is 3.89. The van der Waals surface area contributed by atoms with Gasteiger partial charge in [0, 0.05) is 0 Å². The third kappa shape index (κ3) is 3.36. The van der Waals surface area contributed by atoms with Gasteiger partial charge in [0.2, 0.25) is 11.7 Å². The molecule has 0 aromatic carbocycles. The molecule has 0 atom stereocenters. The lowest BCUT2D eigenvalue weighted by atomic mass is 10.5. The summed E-state index contributed by atoms with van der Waals surface area (Å²) >= 11 is 10.2. The molecule has 12 heteroatoms. The van der Waals surface area contributed by atoms with Crippen LogP contribution in [0.1, 0.15) is 0 Å². The molecule has 0 aromatic rings. The molecule has 0 N–H and O–H groups in total. The van der Waals surface area contributed by atoms with Crippen molar-refractivity contribution in [3.8, 4) is 0 Å². The molecule has 3 nitrogen and oxygen atoms in total. The molecule has 0 amide bonds. The highest BCUT2D eigenvalue weighted by molar-refractivity contribution is 8.09. The predicted octanol–water partition coefficient (Wildman–Crippen LogP) is 4.35. The van der Waals surface area contributed by atoms with E-state index in [-0.39, 0.29) is 0 Å². The average Bonchev–Trinajstić information content (AvgIpc) is 1.97. The largest absolute Gasteiger partial charge is 0.451 e. The summed E-state index contributed by atoms with van der Waals surface area (Å²) in [6, 6.07) is 0. The van der Waals surface area contributed by atoms with Gasteiger partial charge >= 0.3 is 12.4 Å². The summed E-state index contributed by atoms with van der Waals surface area (Å²) in [7, 11) is 0. The van der Waals surface area contributed by atoms with Crippen molar-refractivity contribution in [3.63, 3.8) is 0 Å². The molecule has 92 valence electrons. The van der Waals surface area contributed by atoms with E-state index in [2.05, 4.69) is 14.5 Å². The summed E-state index contributed by atoms with van der Waals surface area (Å²) in [5, 5.41) is 0. The smallest absolute Gasteiger partial charge is 0.200 e. The lowest BCUT2D eigenvalue weighted by Crippen LogP contribution is -2.29. The summed E-state index contributed by atoms with van der Waals surface area (Å²) in [4.78, 5) is 2.23. The molecule has 0 spiro atoms. The Morgan fingerprint density at radius 2 is 1.31 bits per heavy atom. The normalized spacial score (nSPS) is 21.0. The Balaban J connectivity index is 3.33. The van der Waals surface area contributed by atoms with Crippen molar-refractivity contribution in [2.24, 2.45) is 14.5 Å². The molecule has 1 aliphatic heterocycles. The molecule has 1 aliphatic rings. The Bertz CT molecular complexity index is 400. The van der Waals surface area contributed by atoms with Crippen molar-refractivity contribution in [3.05, 3.63) is 0 Å². The molecular weight excluding hydrogens is 306 g/mol. The summed E-state index contributed by atoms with van der Waals surface area (Å²) in [6.07, 6.45) is -10.3. The summed E-state index contributed by atoms with van der Waals surface area (Å²) in [6.45, 7) is 0. The third-order valence-corrected chi connectivity index (χ3v) is 2.92. The molecule has 0 saturated carbocycles. The zero-order valence-corrected chi connectivity index (χ0v) is 9.22. The van der Waals surface area contributed by atoms with Crippen LogP contribution in [0.25, 0.3) is 0 Å². The van der Waals surface area contributed by atoms with E-state index in [0.717, 1.165) is 0 Å². The van der Waals surface area contributed by atoms with Crippen molar-refractivity contribution in [2.45, 2.75) is 12.4 Å². The quantitative estimate of drug-likeness (QED) is 0.471. The van der Waals surface area contributed by atoms with Gasteiger partial charge in [-0.05, 0) is 22.5 Å². The van der Waals surface area contributed by atoms with Crippen LogP contribution in [0, 0.1) is 0 Å². The van der Waals surface area contributed by atoms with E-state index in [9.17, 15) is 26.3 Å². The molecule has 0 fully saturated rings. The van der Waals surface area contributed by atoms with Gasteiger partial charge in [0.15, 0.2) is 0 Å². The Hall–Kier alpha value is -0.270. The van der Waals surface area contributed by atoms with Gasteiger partial charge in [0.1, 0.15) is 0 Å². The van der Waals surface area contributed by atoms with E-state index in [1.54, 1.807) is 0 Å². The van der Waals surface area contributed by atoms with Gasteiger partial charge in [-0.1, -0.05) is 0 Å². The van der Waals surface area contributed by atoms with Crippen LogP contribution in [-0.2, 0) is 0 Å². The van der Waals surface area contributed by atoms with Crippen LogP contribution in [0.15, 0.2) is 14.5 Å². The molecular formula is C4Cl2F6N3P. The molecule has 0 aromatic heterocycles. The summed E-state index contributed by atoms with van der Waals surface area (Å²) < 4.78 is 77.9. The maximum absolute atomic E-state index is 12.1. The molecule has 16 heavy (non-hydrogen) atoms. The topological polar surface area (TPSA) is 37.1 Å². The Labute approximate surface area is 93.8 Å². The maximum atomic E-state index is 12.1. The van der Waals surface area contributed by atoms with Crippen LogP contribution in [-0.4, -0.2) is 24.0 Å². The first-order chi connectivity index (χ1) is 6.92. The standard InChI is InChI=1S/C4Cl2F6N3P/c5-16(6)14-1(3(7,8)9)13-2(15-16)4(10,11)12. The first kappa shape index (κ1) is 13.8. The minimum absolute atomic E-state index is 2.03. The minimum atomic E-state index is -5.17. The number of alkyl halides is 6. The number of hydrogen-bond acceptors (Lipinski definition) is 3. The minimum Gasteiger partial charge on any atom is -0.200 e. The van der Waals surface area contributed by atoms with Crippen LogP contribution in [0.2, 0.25) is 0 Å². The molecule has 1 heterocycles. The summed E-state index contributed by atoms with van der Waals surface area (Å²) in [5.74, 6) is -8.12. The molecule has 1 rings (SSSR count). The van der Waals surface area contributed by atoms with Crippen LogP contribution in [0.3, 0.4) is 0 Å². The van der Waals surface area contributed by atoms with Gasteiger partial charge < -0.3 is 0 Å². The fourth-order valence-electron chi connectivity index (χ4n) is 0.635. The van der Waals surface area contributed by atoms with Crippen LogP contribution < -0.4 is 0 Å². The van der Waals surface area contributed by atoms with Gasteiger partial charge in [-0.2, -0.15) is 35.9 Å². The van der Waals surface area contributed by atoms with Gasteiger partial charge in [0.25, 0.3) is 5.91 Å². The average molecular weight is 306 g/mol. The van der Waals surface area contributed by atoms with Crippen molar-refractivity contribution in [1.82, 2.24) is 0 Å². The van der Waals surface area contributed by atoms with Crippen molar-refractivity contribution >= 4 is 40.1 Å². The van der Waals surface area contributed by atoms with Crippen LogP contribution in [0.4, 0.5) is 26.3 Å².